The van der Waals surface area contributed by atoms with Gasteiger partial charge in [0, 0.05) is 5.54 Å². The average molecular weight is 207 g/mol. The molecule has 0 aliphatic rings. The smallest absolute Gasteiger partial charge is 0.0855 e. The summed E-state index contributed by atoms with van der Waals surface area (Å²) in [5.74, 6) is 1.05. The molecule has 0 fully saturated rings. The van der Waals surface area contributed by atoms with Crippen molar-refractivity contribution in [3.63, 3.8) is 0 Å². The summed E-state index contributed by atoms with van der Waals surface area (Å²) in [5, 5.41) is 0. The second-order valence-corrected chi connectivity index (χ2v) is 3.54. The van der Waals surface area contributed by atoms with Gasteiger partial charge in [-0.05, 0) is 25.2 Å². The molecule has 13 heavy (non-hydrogen) atoms. The van der Waals surface area contributed by atoms with Gasteiger partial charge in [-0.1, -0.05) is 31.5 Å². The van der Waals surface area contributed by atoms with Crippen molar-refractivity contribution in [1.82, 2.24) is 0 Å². The van der Waals surface area contributed by atoms with Gasteiger partial charge < -0.3 is 0 Å². The Morgan fingerprint density at radius 1 is 1.31 bits per heavy atom. The van der Waals surface area contributed by atoms with Gasteiger partial charge in [0.1, 0.15) is 0 Å². The van der Waals surface area contributed by atoms with Crippen LogP contribution >= 0.6 is 11.6 Å². The lowest BCUT2D eigenvalue weighted by molar-refractivity contribution is -0.299. The summed E-state index contributed by atoms with van der Waals surface area (Å²) in [6.07, 6.45) is 2.88. The molecule has 0 bridgehead atoms. The third-order valence-electron chi connectivity index (χ3n) is 1.95. The number of hydrogen-bond acceptors (Lipinski definition) is 2. The van der Waals surface area contributed by atoms with Gasteiger partial charge in [0.15, 0.2) is 0 Å². The van der Waals surface area contributed by atoms with Crippen LogP contribution in [-0.2, 0) is 9.78 Å². The van der Waals surface area contributed by atoms with E-state index < -0.39 is 0 Å². The van der Waals surface area contributed by atoms with Crippen molar-refractivity contribution in [2.45, 2.75) is 27.2 Å². The first-order valence-electron chi connectivity index (χ1n) is 4.72. The van der Waals surface area contributed by atoms with Gasteiger partial charge in [-0.25, -0.2) is 9.78 Å². The largest absolute Gasteiger partial charge is 0.237 e. The Morgan fingerprint density at radius 2 is 2.00 bits per heavy atom. The van der Waals surface area contributed by atoms with Gasteiger partial charge in [-0.15, -0.1) is 0 Å². The highest BCUT2D eigenvalue weighted by molar-refractivity contribution is 6.25. The van der Waals surface area contributed by atoms with E-state index in [2.05, 4.69) is 13.8 Å². The average Bonchev–Trinajstić information content (AvgIpc) is 2.10. The predicted octanol–water partition coefficient (Wildman–Crippen LogP) is 3.37. The van der Waals surface area contributed by atoms with Gasteiger partial charge in [0.05, 0.1) is 13.2 Å². The van der Waals surface area contributed by atoms with Crippen molar-refractivity contribution in [1.29, 1.82) is 0 Å². The van der Waals surface area contributed by atoms with Crippen LogP contribution in [-0.4, -0.2) is 13.2 Å². The van der Waals surface area contributed by atoms with Gasteiger partial charge in [-0.3, -0.25) is 0 Å². The van der Waals surface area contributed by atoms with Crippen molar-refractivity contribution < 1.29 is 9.78 Å². The minimum Gasteiger partial charge on any atom is -0.237 e. The van der Waals surface area contributed by atoms with Crippen LogP contribution in [0.3, 0.4) is 0 Å². The van der Waals surface area contributed by atoms with E-state index in [-0.39, 0.29) is 0 Å². The summed E-state index contributed by atoms with van der Waals surface area (Å²) in [7, 11) is 0. The Balaban J connectivity index is 3.67. The third-order valence-corrected chi connectivity index (χ3v) is 2.13. The van der Waals surface area contributed by atoms with E-state index >= 15 is 0 Å². The van der Waals surface area contributed by atoms with Gasteiger partial charge in [0.2, 0.25) is 0 Å². The van der Waals surface area contributed by atoms with Crippen LogP contribution < -0.4 is 0 Å². The molecule has 0 unspecified atom stereocenters. The molecule has 78 valence electrons. The van der Waals surface area contributed by atoms with Crippen molar-refractivity contribution in [3.8, 4) is 0 Å². The summed E-state index contributed by atoms with van der Waals surface area (Å²) >= 11 is 5.46. The van der Waals surface area contributed by atoms with E-state index in [1.165, 1.54) is 0 Å². The van der Waals surface area contributed by atoms with Crippen LogP contribution in [0, 0.1) is 11.8 Å². The lowest BCUT2D eigenvalue weighted by atomic mass is 9.94. The molecule has 0 saturated heterocycles. The Bertz CT molecular complexity index is 135. The molecule has 0 radical (unpaired) electrons. The predicted molar refractivity (Wildman–Crippen MR) is 55.5 cm³/mol. The molecular formula is C10H19ClO2. The summed E-state index contributed by atoms with van der Waals surface area (Å²) in [4.78, 5) is 9.86. The third kappa shape index (κ3) is 7.05. The van der Waals surface area contributed by atoms with E-state index in [4.69, 9.17) is 21.4 Å². The number of halogens is 1. The highest BCUT2D eigenvalue weighted by atomic mass is 35.5. The standard InChI is InChI=1S/C10H19ClO2/c1-4-12-13-8-10(9(2)3)6-5-7-11/h5,7,9-10H,4,6,8H2,1-3H3/b7-5+/t10-/m1/s1. The van der Waals surface area contributed by atoms with E-state index in [1.54, 1.807) is 5.54 Å². The first kappa shape index (κ1) is 12.9. The zero-order valence-corrected chi connectivity index (χ0v) is 9.38. The summed E-state index contributed by atoms with van der Waals surface area (Å²) in [6, 6.07) is 0. The maximum absolute atomic E-state index is 5.46. The van der Waals surface area contributed by atoms with Gasteiger partial charge in [0.25, 0.3) is 0 Å². The van der Waals surface area contributed by atoms with Crippen LogP contribution in [0.25, 0.3) is 0 Å². The highest BCUT2D eigenvalue weighted by Gasteiger charge is 2.12. The first-order chi connectivity index (χ1) is 6.22. The SMILES string of the molecule is CCOOC[C@@H](C/C=C/Cl)C(C)C. The quantitative estimate of drug-likeness (QED) is 0.361. The molecule has 0 aliphatic heterocycles. The Labute approximate surface area is 85.8 Å². The molecule has 2 nitrogen and oxygen atoms in total. The highest BCUT2D eigenvalue weighted by Crippen LogP contribution is 2.16. The van der Waals surface area contributed by atoms with Crippen molar-refractivity contribution >= 4 is 11.6 Å². The monoisotopic (exact) mass is 206 g/mol. The van der Waals surface area contributed by atoms with Crippen molar-refractivity contribution in [2.24, 2.45) is 11.8 Å². The molecule has 1 atom stereocenters. The Kier molecular flexibility index (Phi) is 8.51. The van der Waals surface area contributed by atoms with Crippen LogP contribution in [0.15, 0.2) is 11.6 Å². The normalized spacial score (nSPS) is 14.2. The number of allylic oxidation sites excluding steroid dienone is 1. The fourth-order valence-corrected chi connectivity index (χ4v) is 1.08. The zero-order valence-electron chi connectivity index (χ0n) is 8.63. The van der Waals surface area contributed by atoms with Crippen LogP contribution in [0.2, 0.25) is 0 Å². The summed E-state index contributed by atoms with van der Waals surface area (Å²) in [5.41, 5.74) is 1.55. The molecule has 0 aromatic carbocycles. The topological polar surface area (TPSA) is 18.5 Å². The molecule has 0 rings (SSSR count). The lowest BCUT2D eigenvalue weighted by Gasteiger charge is -2.17. The summed E-state index contributed by atoms with van der Waals surface area (Å²) < 4.78 is 0. The minimum absolute atomic E-state index is 0.474. The second kappa shape index (κ2) is 8.54. The Hall–Kier alpha value is -0.0500. The van der Waals surface area contributed by atoms with Crippen molar-refractivity contribution in [2.75, 3.05) is 13.2 Å². The van der Waals surface area contributed by atoms with Crippen LogP contribution in [0.1, 0.15) is 27.2 Å². The molecule has 0 heterocycles. The number of hydrogen-bond donors (Lipinski definition) is 0. The molecule has 0 aliphatic carbocycles. The summed E-state index contributed by atoms with van der Waals surface area (Å²) in [6.45, 7) is 7.47. The first-order valence-corrected chi connectivity index (χ1v) is 5.15. The fraction of sp³-hybridized carbons (Fsp3) is 0.800. The van der Waals surface area contributed by atoms with Crippen molar-refractivity contribution in [3.05, 3.63) is 11.6 Å². The molecule has 0 saturated carbocycles. The lowest BCUT2D eigenvalue weighted by Crippen LogP contribution is -2.15. The van der Waals surface area contributed by atoms with E-state index in [1.807, 2.05) is 13.0 Å². The van der Waals surface area contributed by atoms with E-state index in [0.29, 0.717) is 25.0 Å². The van der Waals surface area contributed by atoms with Crippen LogP contribution in [0.4, 0.5) is 0 Å². The minimum atomic E-state index is 0.474. The van der Waals surface area contributed by atoms with E-state index in [0.717, 1.165) is 6.42 Å². The molecule has 0 amide bonds. The number of rotatable bonds is 7. The molecule has 0 aromatic rings. The molecule has 0 aromatic heterocycles. The van der Waals surface area contributed by atoms with Gasteiger partial charge >= 0.3 is 0 Å². The maximum Gasteiger partial charge on any atom is 0.0855 e. The van der Waals surface area contributed by atoms with Gasteiger partial charge in [-0.2, -0.15) is 0 Å². The fourth-order valence-electron chi connectivity index (χ4n) is 0.978. The molecule has 0 spiro atoms. The van der Waals surface area contributed by atoms with Crippen LogP contribution in [0.5, 0.6) is 0 Å². The van der Waals surface area contributed by atoms with E-state index in [9.17, 15) is 0 Å². The Morgan fingerprint density at radius 3 is 2.46 bits per heavy atom. The zero-order chi connectivity index (χ0) is 10.1. The molecular weight excluding hydrogens is 188 g/mol. The molecule has 3 heteroatoms. The second-order valence-electron chi connectivity index (χ2n) is 3.29. The maximum atomic E-state index is 5.46. The molecule has 0 N–H and O–H groups in total.